The van der Waals surface area contributed by atoms with Gasteiger partial charge in [0, 0.05) is 0 Å². The van der Waals surface area contributed by atoms with Gasteiger partial charge in [0.15, 0.2) is 0 Å². The van der Waals surface area contributed by atoms with Crippen molar-refractivity contribution >= 4 is 46.2 Å². The van der Waals surface area contributed by atoms with Gasteiger partial charge in [0.25, 0.3) is 0 Å². The quantitative estimate of drug-likeness (QED) is 0.365. The molecule has 2 nitrogen and oxygen atoms in total. The summed E-state index contributed by atoms with van der Waals surface area (Å²) in [5, 5.41) is 0. The van der Waals surface area contributed by atoms with Gasteiger partial charge >= 0.3 is 157 Å². The Balaban J connectivity index is 1.71. The number of carbonyl (C=O) groups excluding carboxylic acids is 1. The third-order valence-corrected chi connectivity index (χ3v) is 7.88. The maximum absolute atomic E-state index is 13.2. The summed E-state index contributed by atoms with van der Waals surface area (Å²) in [6.45, 7) is 0. The Morgan fingerprint density at radius 3 is 2.20 bits per heavy atom. The Kier molecular flexibility index (Phi) is 4.75. The van der Waals surface area contributed by atoms with Gasteiger partial charge in [-0.2, -0.15) is 0 Å². The molecule has 0 N–H and O–H groups in total. The first-order valence-electron chi connectivity index (χ1n) is 7.98. The van der Waals surface area contributed by atoms with E-state index in [1.807, 2.05) is 78.9 Å². The minimum atomic E-state index is -0.156. The van der Waals surface area contributed by atoms with Crippen molar-refractivity contribution in [2.75, 3.05) is 0 Å². The molecule has 0 fully saturated rings. The number of aromatic nitrogens is 1. The van der Waals surface area contributed by atoms with Crippen molar-refractivity contribution in [2.45, 2.75) is 4.82 Å². The van der Waals surface area contributed by atoms with Crippen molar-refractivity contribution in [1.82, 2.24) is 4.98 Å². The summed E-state index contributed by atoms with van der Waals surface area (Å²) in [7, 11) is 0. The number of hydrogen-bond acceptors (Lipinski definition) is 3. The molecule has 0 aliphatic heterocycles. The van der Waals surface area contributed by atoms with Crippen LogP contribution in [0.4, 0.5) is 0 Å². The number of rotatable bonds is 5. The zero-order chi connectivity index (χ0) is 17.1. The molecule has 0 radical (unpaired) electrons. The van der Waals surface area contributed by atoms with Crippen molar-refractivity contribution in [3.8, 4) is 0 Å². The molecule has 3 aromatic carbocycles. The van der Waals surface area contributed by atoms with Crippen LogP contribution in [0.3, 0.4) is 0 Å². The van der Waals surface area contributed by atoms with E-state index in [-0.39, 0.29) is 25.6 Å². The normalized spacial score (nSPS) is 12.2. The molecule has 25 heavy (non-hydrogen) atoms. The third kappa shape index (κ3) is 3.57. The van der Waals surface area contributed by atoms with Crippen LogP contribution in [0.15, 0.2) is 84.9 Å². The monoisotopic (exact) mass is 409 g/mol. The van der Waals surface area contributed by atoms with Crippen LogP contribution >= 0.6 is 11.3 Å². The molecule has 0 aliphatic carbocycles. The molecule has 1 heterocycles. The van der Waals surface area contributed by atoms with Gasteiger partial charge in [-0.05, 0) is 0 Å². The molecule has 122 valence electrons. The van der Waals surface area contributed by atoms with E-state index >= 15 is 0 Å². The molecule has 4 aromatic rings. The van der Waals surface area contributed by atoms with E-state index in [9.17, 15) is 4.79 Å². The Bertz CT molecular complexity index is 965. The molecule has 0 aliphatic rings. The van der Waals surface area contributed by atoms with Crippen LogP contribution in [0, 0.1) is 0 Å². The fourth-order valence-corrected chi connectivity index (χ4v) is 6.64. The molecular formula is C21H15NOSSe. The zero-order valence-electron chi connectivity index (χ0n) is 13.3. The van der Waals surface area contributed by atoms with E-state index in [0.717, 1.165) is 20.5 Å². The molecule has 0 spiro atoms. The van der Waals surface area contributed by atoms with Crippen LogP contribution in [0.2, 0.25) is 0 Å². The SMILES string of the molecule is O=C(c1ccccc1)C([Se]c1nc2ccccc2s1)c1ccccc1. The zero-order valence-corrected chi connectivity index (χ0v) is 15.9. The second-order valence-electron chi connectivity index (χ2n) is 5.59. The predicted octanol–water partition coefficient (Wildman–Crippen LogP) is 4.25. The Hall–Kier alpha value is -2.26. The van der Waals surface area contributed by atoms with Crippen molar-refractivity contribution in [3.05, 3.63) is 96.1 Å². The van der Waals surface area contributed by atoms with Gasteiger partial charge in [-0.3, -0.25) is 0 Å². The van der Waals surface area contributed by atoms with Crippen molar-refractivity contribution < 1.29 is 4.79 Å². The second kappa shape index (κ2) is 7.32. The van der Waals surface area contributed by atoms with Crippen LogP contribution in [-0.2, 0) is 0 Å². The van der Waals surface area contributed by atoms with Gasteiger partial charge in [-0.25, -0.2) is 0 Å². The number of fused-ring (bicyclic) bond motifs is 1. The average molecular weight is 408 g/mol. The summed E-state index contributed by atoms with van der Waals surface area (Å²) in [6, 6.07) is 27.8. The van der Waals surface area contributed by atoms with E-state index in [1.54, 1.807) is 11.3 Å². The molecule has 1 atom stereocenters. The molecular weight excluding hydrogens is 393 g/mol. The molecule has 0 bridgehead atoms. The van der Waals surface area contributed by atoms with E-state index in [4.69, 9.17) is 4.98 Å². The van der Waals surface area contributed by atoms with Crippen LogP contribution in [-0.4, -0.2) is 25.7 Å². The number of nitrogens with zero attached hydrogens (tertiary/aromatic N) is 1. The van der Waals surface area contributed by atoms with Gasteiger partial charge in [0.2, 0.25) is 0 Å². The summed E-state index contributed by atoms with van der Waals surface area (Å²) < 4.78 is 2.24. The Morgan fingerprint density at radius 2 is 1.48 bits per heavy atom. The van der Waals surface area contributed by atoms with E-state index in [0.29, 0.717) is 0 Å². The van der Waals surface area contributed by atoms with Gasteiger partial charge in [-0.15, -0.1) is 0 Å². The fourth-order valence-electron chi connectivity index (χ4n) is 2.66. The molecule has 0 saturated carbocycles. The molecule has 0 amide bonds. The van der Waals surface area contributed by atoms with Crippen LogP contribution in [0.25, 0.3) is 10.2 Å². The van der Waals surface area contributed by atoms with Crippen molar-refractivity contribution in [1.29, 1.82) is 0 Å². The first kappa shape index (κ1) is 16.2. The maximum atomic E-state index is 13.2. The number of para-hydroxylation sites is 1. The first-order chi connectivity index (χ1) is 12.3. The van der Waals surface area contributed by atoms with Crippen molar-refractivity contribution in [3.63, 3.8) is 0 Å². The standard InChI is InChI=1S/C21H15NOSSe/c23-19(15-9-3-1-4-10-15)20(16-11-5-2-6-12-16)25-21-22-17-13-7-8-14-18(17)24-21/h1-14,20H. The van der Waals surface area contributed by atoms with Crippen LogP contribution in [0.5, 0.6) is 0 Å². The predicted molar refractivity (Wildman–Crippen MR) is 105 cm³/mol. The van der Waals surface area contributed by atoms with Gasteiger partial charge < -0.3 is 0 Å². The number of carbonyl (C=O) groups is 1. The van der Waals surface area contributed by atoms with Gasteiger partial charge in [-0.1, -0.05) is 0 Å². The van der Waals surface area contributed by atoms with Gasteiger partial charge in [0.05, 0.1) is 0 Å². The average Bonchev–Trinajstić information content (AvgIpc) is 3.09. The number of hydrogen-bond donors (Lipinski definition) is 0. The number of Topliss-reactive ketones (excluding diaryl/α,β-unsaturated/α-hetero) is 1. The number of ketones is 1. The van der Waals surface area contributed by atoms with Crippen LogP contribution < -0.4 is 3.91 Å². The summed E-state index contributed by atoms with van der Waals surface area (Å²) >= 11 is 1.64. The molecule has 4 rings (SSSR count). The van der Waals surface area contributed by atoms with E-state index in [2.05, 4.69) is 6.07 Å². The number of thiazole rings is 1. The summed E-state index contributed by atoms with van der Waals surface area (Å²) in [5.41, 5.74) is 2.85. The van der Waals surface area contributed by atoms with E-state index < -0.39 is 0 Å². The van der Waals surface area contributed by atoms with Crippen LogP contribution in [0.1, 0.15) is 20.7 Å². The third-order valence-electron chi connectivity index (χ3n) is 3.89. The Labute approximate surface area is 156 Å². The minimum absolute atomic E-state index is 0.0576. The summed E-state index contributed by atoms with van der Waals surface area (Å²) in [6.07, 6.45) is 0. The topological polar surface area (TPSA) is 30.0 Å². The molecule has 1 aromatic heterocycles. The second-order valence-corrected chi connectivity index (χ2v) is 9.50. The molecule has 0 saturated heterocycles. The molecule has 1 unspecified atom stereocenters. The van der Waals surface area contributed by atoms with Crippen molar-refractivity contribution in [2.24, 2.45) is 0 Å². The van der Waals surface area contributed by atoms with E-state index in [1.165, 1.54) is 4.70 Å². The van der Waals surface area contributed by atoms with Gasteiger partial charge in [0.1, 0.15) is 0 Å². The summed E-state index contributed by atoms with van der Waals surface area (Å²) in [5.74, 6) is 0.172. The number of benzene rings is 3. The Morgan fingerprint density at radius 1 is 0.840 bits per heavy atom. The fraction of sp³-hybridized carbons (Fsp3) is 0.0476. The first-order valence-corrected chi connectivity index (χ1v) is 10.6. The summed E-state index contributed by atoms with van der Waals surface area (Å²) in [4.78, 5) is 17.7. The molecule has 4 heteroatoms.